The van der Waals surface area contributed by atoms with Crippen LogP contribution in [-0.2, 0) is 9.59 Å². The first-order chi connectivity index (χ1) is 6.59. The van der Waals surface area contributed by atoms with E-state index in [0.717, 1.165) is 11.3 Å². The van der Waals surface area contributed by atoms with Crippen LogP contribution in [0.3, 0.4) is 0 Å². The highest BCUT2D eigenvalue weighted by Gasteiger charge is 2.30. The molecule has 0 saturated heterocycles. The van der Waals surface area contributed by atoms with Gasteiger partial charge in [0.05, 0.1) is 41.5 Å². The van der Waals surface area contributed by atoms with Gasteiger partial charge in [0.15, 0.2) is 5.78 Å². The fourth-order valence-corrected chi connectivity index (χ4v) is 2.08. The van der Waals surface area contributed by atoms with E-state index in [1.807, 2.05) is 9.31 Å². The number of allylic oxidation sites excluding steroid dienone is 1. The number of carbonyl (C=O) groups is 2. The molecule has 0 spiro atoms. The fraction of sp³-hybridized carbons (Fsp3) is 0.333. The van der Waals surface area contributed by atoms with E-state index < -0.39 is 0 Å². The van der Waals surface area contributed by atoms with Crippen molar-refractivity contribution in [3.63, 3.8) is 0 Å². The second-order valence-electron chi connectivity index (χ2n) is 3.29. The van der Waals surface area contributed by atoms with Gasteiger partial charge in [0.1, 0.15) is 0 Å². The molecule has 0 unspecified atom stereocenters. The second kappa shape index (κ2) is 3.38. The van der Waals surface area contributed by atoms with Crippen LogP contribution in [0.5, 0.6) is 0 Å². The van der Waals surface area contributed by atoms with Crippen molar-refractivity contribution >= 4 is 34.6 Å². The molecule has 0 aromatic heterocycles. The lowest BCUT2D eigenvalue weighted by molar-refractivity contribution is -0.133. The van der Waals surface area contributed by atoms with Crippen molar-refractivity contribution in [3.05, 3.63) is 23.5 Å². The predicted octanol–water partition coefficient (Wildman–Crippen LogP) is 0.851. The largest absolute Gasteiger partial charge is 0.317 e. The molecule has 1 amide bonds. The van der Waals surface area contributed by atoms with Gasteiger partial charge in [-0.2, -0.15) is 0 Å². The van der Waals surface area contributed by atoms with Crippen LogP contribution in [0.15, 0.2) is 23.5 Å². The van der Waals surface area contributed by atoms with Crippen molar-refractivity contribution in [3.8, 4) is 0 Å². The Morgan fingerprint density at radius 1 is 1.43 bits per heavy atom. The van der Waals surface area contributed by atoms with Crippen molar-refractivity contribution < 1.29 is 9.59 Å². The Labute approximate surface area is 95.7 Å². The quantitative estimate of drug-likeness (QED) is 0.378. The third kappa shape index (κ3) is 1.45. The van der Waals surface area contributed by atoms with Crippen molar-refractivity contribution in [2.75, 3.05) is 13.6 Å². The standard InChI is InChI=1S/C9H9IN2O2/c1-11-7-2-3-12(10)5-6(7)8(13)4-9(11)14/h2-3H,4-5H2,1H3. The van der Waals surface area contributed by atoms with E-state index in [-0.39, 0.29) is 18.1 Å². The Morgan fingerprint density at radius 3 is 2.86 bits per heavy atom. The molecule has 2 aliphatic rings. The molecule has 4 nitrogen and oxygen atoms in total. The molecule has 0 fully saturated rings. The van der Waals surface area contributed by atoms with Gasteiger partial charge in [-0.05, 0) is 6.08 Å². The molecule has 0 aromatic carbocycles. The van der Waals surface area contributed by atoms with Crippen LogP contribution in [0.1, 0.15) is 6.42 Å². The van der Waals surface area contributed by atoms with Crippen molar-refractivity contribution in [1.29, 1.82) is 0 Å². The lowest BCUT2D eigenvalue weighted by Crippen LogP contribution is -2.38. The summed E-state index contributed by atoms with van der Waals surface area (Å²) in [5.41, 5.74) is 1.49. The minimum absolute atomic E-state index is 0.00759. The number of hydrogen-bond acceptors (Lipinski definition) is 3. The maximum atomic E-state index is 11.6. The van der Waals surface area contributed by atoms with Gasteiger partial charge in [0.25, 0.3) is 0 Å². The first-order valence-corrected chi connectivity index (χ1v) is 5.19. The van der Waals surface area contributed by atoms with E-state index in [1.165, 1.54) is 0 Å². The summed E-state index contributed by atoms with van der Waals surface area (Å²) in [6.45, 7) is 0.586. The van der Waals surface area contributed by atoms with E-state index >= 15 is 0 Å². The minimum Gasteiger partial charge on any atom is -0.317 e. The lowest BCUT2D eigenvalue weighted by Gasteiger charge is -2.30. The Morgan fingerprint density at radius 2 is 2.14 bits per heavy atom. The molecule has 5 heteroatoms. The Balaban J connectivity index is 2.44. The van der Waals surface area contributed by atoms with Crippen LogP contribution in [0.2, 0.25) is 0 Å². The summed E-state index contributed by atoms with van der Waals surface area (Å²) in [6, 6.07) is 0. The Bertz CT molecular complexity index is 373. The number of Topliss-reactive ketones (excluding diaryl/α,β-unsaturated/α-hetero) is 1. The number of amides is 1. The van der Waals surface area contributed by atoms with Crippen LogP contribution in [0, 0.1) is 0 Å². The second-order valence-corrected chi connectivity index (χ2v) is 4.53. The van der Waals surface area contributed by atoms with Gasteiger partial charge >= 0.3 is 0 Å². The minimum atomic E-state index is -0.125. The van der Waals surface area contributed by atoms with E-state index in [0.29, 0.717) is 6.54 Å². The van der Waals surface area contributed by atoms with E-state index in [9.17, 15) is 9.59 Å². The molecule has 2 rings (SSSR count). The summed E-state index contributed by atoms with van der Waals surface area (Å²) in [5, 5.41) is 0. The highest BCUT2D eigenvalue weighted by atomic mass is 127. The number of halogens is 1. The van der Waals surface area contributed by atoms with Crippen LogP contribution in [0.25, 0.3) is 0 Å². The SMILES string of the molecule is CN1C(=O)CC(=O)C2=C1C=CN(I)C2. The molecule has 0 aliphatic carbocycles. The third-order valence-corrected chi connectivity index (χ3v) is 3.06. The van der Waals surface area contributed by atoms with Gasteiger partial charge < -0.3 is 8.01 Å². The summed E-state index contributed by atoms with van der Waals surface area (Å²) in [6.07, 6.45) is 3.68. The first-order valence-electron chi connectivity index (χ1n) is 4.23. The zero-order chi connectivity index (χ0) is 10.3. The predicted molar refractivity (Wildman–Crippen MR) is 59.3 cm³/mol. The number of nitrogens with zero attached hydrogens (tertiary/aromatic N) is 2. The van der Waals surface area contributed by atoms with Gasteiger partial charge in [0, 0.05) is 18.8 Å². The maximum Gasteiger partial charge on any atom is 0.234 e. The molecule has 0 radical (unpaired) electrons. The van der Waals surface area contributed by atoms with Gasteiger partial charge in [-0.1, -0.05) is 0 Å². The lowest BCUT2D eigenvalue weighted by atomic mass is 9.99. The summed E-state index contributed by atoms with van der Waals surface area (Å²) >= 11 is 2.12. The van der Waals surface area contributed by atoms with Gasteiger partial charge in [0.2, 0.25) is 5.91 Å². The fourth-order valence-electron chi connectivity index (χ4n) is 1.58. The molecule has 0 N–H and O–H groups in total. The van der Waals surface area contributed by atoms with E-state index in [2.05, 4.69) is 22.9 Å². The highest BCUT2D eigenvalue weighted by Crippen LogP contribution is 2.25. The Kier molecular flexibility index (Phi) is 2.34. The number of hydrogen-bond donors (Lipinski definition) is 0. The van der Waals surface area contributed by atoms with E-state index in [1.54, 1.807) is 18.0 Å². The highest BCUT2D eigenvalue weighted by molar-refractivity contribution is 14.1. The normalized spacial score (nSPS) is 21.9. The van der Waals surface area contributed by atoms with E-state index in [4.69, 9.17) is 0 Å². The average molecular weight is 304 g/mol. The molecule has 0 aromatic rings. The average Bonchev–Trinajstić information content (AvgIpc) is 2.14. The van der Waals surface area contributed by atoms with Gasteiger partial charge in [-0.25, -0.2) is 0 Å². The van der Waals surface area contributed by atoms with Gasteiger partial charge in [-0.15, -0.1) is 0 Å². The number of carbonyl (C=O) groups excluding carboxylic acids is 2. The third-order valence-electron chi connectivity index (χ3n) is 2.40. The van der Waals surface area contributed by atoms with Crippen LogP contribution in [-0.4, -0.2) is 33.3 Å². The number of likely N-dealkylation sites (N-methyl/N-ethyl adjacent to an activating group) is 1. The summed E-state index contributed by atoms with van der Waals surface area (Å²) in [4.78, 5) is 24.5. The van der Waals surface area contributed by atoms with Crippen molar-refractivity contribution in [2.45, 2.75) is 6.42 Å². The van der Waals surface area contributed by atoms with Crippen LogP contribution < -0.4 is 0 Å². The smallest absolute Gasteiger partial charge is 0.234 e. The van der Waals surface area contributed by atoms with Crippen molar-refractivity contribution in [2.24, 2.45) is 0 Å². The number of rotatable bonds is 0. The molecule has 14 heavy (non-hydrogen) atoms. The molecular formula is C9H9IN2O2. The summed E-state index contributed by atoms with van der Waals surface area (Å²) in [7, 11) is 1.71. The Hall–Kier alpha value is -0.850. The van der Waals surface area contributed by atoms with Crippen LogP contribution >= 0.6 is 22.9 Å². The maximum absolute atomic E-state index is 11.6. The zero-order valence-electron chi connectivity index (χ0n) is 7.66. The van der Waals surface area contributed by atoms with Gasteiger partial charge in [-0.3, -0.25) is 9.59 Å². The molecule has 2 aliphatic heterocycles. The molecular weight excluding hydrogens is 295 g/mol. The molecule has 0 atom stereocenters. The first kappa shape index (κ1) is 9.70. The van der Waals surface area contributed by atoms with Crippen molar-refractivity contribution in [1.82, 2.24) is 8.01 Å². The monoisotopic (exact) mass is 304 g/mol. The summed E-state index contributed by atoms with van der Waals surface area (Å²) < 4.78 is 1.90. The molecule has 0 bridgehead atoms. The topological polar surface area (TPSA) is 40.6 Å². The number of ketones is 1. The molecule has 2 heterocycles. The molecule has 74 valence electrons. The van der Waals surface area contributed by atoms with Crippen LogP contribution in [0.4, 0.5) is 0 Å². The summed E-state index contributed by atoms with van der Waals surface area (Å²) in [5.74, 6) is -0.172. The zero-order valence-corrected chi connectivity index (χ0v) is 9.82. The molecule has 0 saturated carbocycles.